The van der Waals surface area contributed by atoms with Gasteiger partial charge in [0.2, 0.25) is 17.7 Å². The first-order valence-electron chi connectivity index (χ1n) is 13.1. The van der Waals surface area contributed by atoms with Crippen molar-refractivity contribution in [1.29, 1.82) is 0 Å². The number of carbonyl (C=O) groups is 3. The van der Waals surface area contributed by atoms with E-state index in [0.717, 1.165) is 37.8 Å². The summed E-state index contributed by atoms with van der Waals surface area (Å²) in [5.41, 5.74) is 8.03. The Morgan fingerprint density at radius 2 is 1.94 bits per heavy atom. The second kappa shape index (κ2) is 14.0. The van der Waals surface area contributed by atoms with Gasteiger partial charge >= 0.3 is 0 Å². The number of hydrogen-bond donors (Lipinski definition) is 3. The van der Waals surface area contributed by atoms with Gasteiger partial charge < -0.3 is 21.3 Å². The number of likely N-dealkylation sites (N-methyl/N-ethyl adjacent to an activating group) is 1. The zero-order valence-electron chi connectivity index (χ0n) is 22.8. The molecule has 0 spiro atoms. The largest absolute Gasteiger partial charge is 0.399 e. The average Bonchev–Trinajstić information content (AvgIpc) is 3.06. The fraction of sp³-hybridized carbons (Fsp3) is 0.607. The maximum atomic E-state index is 13.2. The lowest BCUT2D eigenvalue weighted by Crippen LogP contribution is -2.57. The molecule has 1 fully saturated rings. The monoisotopic (exact) mass is 499 g/mol. The van der Waals surface area contributed by atoms with E-state index >= 15 is 0 Å². The van der Waals surface area contributed by atoms with Gasteiger partial charge in [-0.15, -0.1) is 0 Å². The van der Waals surface area contributed by atoms with Gasteiger partial charge in [-0.1, -0.05) is 44.6 Å². The van der Waals surface area contributed by atoms with Gasteiger partial charge in [0.05, 0.1) is 6.04 Å². The van der Waals surface area contributed by atoms with Crippen LogP contribution in [0.2, 0.25) is 0 Å². The first-order chi connectivity index (χ1) is 17.0. The SMILES string of the molecule is C/C(=C\CN(C)C(=O)C(NC(=O)C1CCCCN1C(C)C)C(C)C)C(=O)NCC1=CC(N)=CCC=C1. The quantitative estimate of drug-likeness (QED) is 0.401. The molecule has 0 saturated carbocycles. The van der Waals surface area contributed by atoms with Gasteiger partial charge in [-0.3, -0.25) is 19.3 Å². The lowest BCUT2D eigenvalue weighted by Gasteiger charge is -2.38. The Morgan fingerprint density at radius 1 is 1.22 bits per heavy atom. The Bertz CT molecular complexity index is 916. The second-order valence-electron chi connectivity index (χ2n) is 10.4. The molecule has 1 aliphatic heterocycles. The first kappa shape index (κ1) is 29.4. The van der Waals surface area contributed by atoms with E-state index in [1.165, 1.54) is 0 Å². The Balaban J connectivity index is 1.95. The summed E-state index contributed by atoms with van der Waals surface area (Å²) >= 11 is 0. The van der Waals surface area contributed by atoms with E-state index in [0.29, 0.717) is 17.8 Å². The molecule has 2 rings (SSSR count). The van der Waals surface area contributed by atoms with Crippen LogP contribution in [0.1, 0.15) is 60.3 Å². The molecular weight excluding hydrogens is 454 g/mol. The molecule has 8 nitrogen and oxygen atoms in total. The number of nitrogens with one attached hydrogen (secondary N) is 2. The molecule has 2 atom stereocenters. The van der Waals surface area contributed by atoms with Crippen molar-refractivity contribution in [1.82, 2.24) is 20.4 Å². The van der Waals surface area contributed by atoms with Gasteiger partial charge in [-0.25, -0.2) is 0 Å². The third-order valence-corrected chi connectivity index (χ3v) is 6.77. The molecule has 2 unspecified atom stereocenters. The summed E-state index contributed by atoms with van der Waals surface area (Å²) in [6.07, 6.45) is 13.2. The molecule has 1 heterocycles. The lowest BCUT2D eigenvalue weighted by atomic mass is 9.97. The average molecular weight is 500 g/mol. The van der Waals surface area contributed by atoms with Crippen LogP contribution in [0.3, 0.4) is 0 Å². The summed E-state index contributed by atoms with van der Waals surface area (Å²) in [6.45, 7) is 11.4. The van der Waals surface area contributed by atoms with Gasteiger partial charge in [0.25, 0.3) is 0 Å². The van der Waals surface area contributed by atoms with Gasteiger partial charge in [-0.05, 0) is 64.1 Å². The van der Waals surface area contributed by atoms with E-state index in [2.05, 4.69) is 29.4 Å². The molecular formula is C28H45N5O3. The number of carbonyl (C=O) groups excluding carboxylic acids is 3. The van der Waals surface area contributed by atoms with E-state index < -0.39 is 6.04 Å². The summed E-state index contributed by atoms with van der Waals surface area (Å²) in [7, 11) is 1.70. The van der Waals surface area contributed by atoms with Crippen LogP contribution >= 0.6 is 0 Å². The smallest absolute Gasteiger partial charge is 0.246 e. The Kier molecular flexibility index (Phi) is 11.4. The van der Waals surface area contributed by atoms with Crippen molar-refractivity contribution in [3.63, 3.8) is 0 Å². The molecule has 0 aromatic heterocycles. The molecule has 8 heteroatoms. The van der Waals surface area contributed by atoms with Crippen LogP contribution in [0.15, 0.2) is 47.2 Å². The molecule has 200 valence electrons. The van der Waals surface area contributed by atoms with Crippen LogP contribution < -0.4 is 16.4 Å². The fourth-order valence-corrected chi connectivity index (χ4v) is 4.49. The Hall–Kier alpha value is -2.87. The summed E-state index contributed by atoms with van der Waals surface area (Å²) in [5, 5.41) is 5.92. The van der Waals surface area contributed by atoms with Crippen molar-refractivity contribution in [2.45, 2.75) is 78.4 Å². The molecule has 0 bridgehead atoms. The highest BCUT2D eigenvalue weighted by molar-refractivity contribution is 5.93. The minimum absolute atomic E-state index is 0.0595. The van der Waals surface area contributed by atoms with Crippen molar-refractivity contribution in [3.8, 4) is 0 Å². The highest BCUT2D eigenvalue weighted by Gasteiger charge is 2.34. The second-order valence-corrected chi connectivity index (χ2v) is 10.4. The summed E-state index contributed by atoms with van der Waals surface area (Å²) < 4.78 is 0. The van der Waals surface area contributed by atoms with Crippen molar-refractivity contribution >= 4 is 17.7 Å². The summed E-state index contributed by atoms with van der Waals surface area (Å²) in [4.78, 5) is 42.7. The molecule has 1 saturated heterocycles. The third kappa shape index (κ3) is 8.66. The number of allylic oxidation sites excluding steroid dienone is 3. The van der Waals surface area contributed by atoms with Crippen LogP contribution in [0.25, 0.3) is 0 Å². The molecule has 1 aliphatic carbocycles. The zero-order chi connectivity index (χ0) is 26.8. The number of nitrogens with zero attached hydrogens (tertiary/aromatic N) is 2. The Labute approximate surface area is 216 Å². The number of rotatable bonds is 10. The molecule has 0 aromatic carbocycles. The van der Waals surface area contributed by atoms with Crippen molar-refractivity contribution in [3.05, 3.63) is 47.2 Å². The highest BCUT2D eigenvalue weighted by atomic mass is 16.2. The van der Waals surface area contributed by atoms with Gasteiger partial charge in [0.1, 0.15) is 6.04 Å². The fourth-order valence-electron chi connectivity index (χ4n) is 4.49. The maximum absolute atomic E-state index is 13.2. The van der Waals surface area contributed by atoms with Gasteiger partial charge in [-0.2, -0.15) is 0 Å². The maximum Gasteiger partial charge on any atom is 0.246 e. The highest BCUT2D eigenvalue weighted by Crippen LogP contribution is 2.20. The Morgan fingerprint density at radius 3 is 2.61 bits per heavy atom. The molecule has 4 N–H and O–H groups in total. The molecule has 0 aromatic rings. The van der Waals surface area contributed by atoms with Crippen LogP contribution in [0, 0.1) is 5.92 Å². The summed E-state index contributed by atoms with van der Waals surface area (Å²) in [5.74, 6) is -0.495. The van der Waals surface area contributed by atoms with E-state index in [1.54, 1.807) is 24.9 Å². The lowest BCUT2D eigenvalue weighted by molar-refractivity contribution is -0.138. The number of hydrogen-bond acceptors (Lipinski definition) is 5. The molecule has 36 heavy (non-hydrogen) atoms. The van der Waals surface area contributed by atoms with Gasteiger partial charge in [0, 0.05) is 37.4 Å². The first-order valence-corrected chi connectivity index (χ1v) is 13.1. The van der Waals surface area contributed by atoms with Crippen LogP contribution in [0.4, 0.5) is 0 Å². The predicted octanol–water partition coefficient (Wildman–Crippen LogP) is 2.64. The van der Waals surface area contributed by atoms with Gasteiger partial charge in [0.15, 0.2) is 0 Å². The molecule has 2 aliphatic rings. The van der Waals surface area contributed by atoms with Crippen molar-refractivity contribution < 1.29 is 14.4 Å². The number of amides is 3. The van der Waals surface area contributed by atoms with E-state index in [-0.39, 0.29) is 42.3 Å². The van der Waals surface area contributed by atoms with E-state index in [4.69, 9.17) is 5.73 Å². The van der Waals surface area contributed by atoms with Crippen molar-refractivity contribution in [2.75, 3.05) is 26.7 Å². The molecule has 3 amide bonds. The number of nitrogens with two attached hydrogens (primary N) is 1. The van der Waals surface area contributed by atoms with E-state index in [9.17, 15) is 14.4 Å². The van der Waals surface area contributed by atoms with Crippen LogP contribution in [0.5, 0.6) is 0 Å². The summed E-state index contributed by atoms with van der Waals surface area (Å²) in [6, 6.07) is -0.540. The third-order valence-electron chi connectivity index (χ3n) is 6.77. The topological polar surface area (TPSA) is 108 Å². The van der Waals surface area contributed by atoms with Crippen LogP contribution in [-0.4, -0.2) is 72.3 Å². The minimum atomic E-state index is -0.617. The zero-order valence-corrected chi connectivity index (χ0v) is 22.8. The van der Waals surface area contributed by atoms with Crippen molar-refractivity contribution in [2.24, 2.45) is 11.7 Å². The van der Waals surface area contributed by atoms with Crippen LogP contribution in [-0.2, 0) is 14.4 Å². The predicted molar refractivity (Wildman–Crippen MR) is 145 cm³/mol. The standard InChI is InChI=1S/C28H45N5O3/c1-19(2)25(31-27(35)24-13-9-10-15-33(24)20(3)4)28(36)32(6)16-14-21(5)26(34)30-18-22-11-7-8-12-23(29)17-22/h7,11-12,14,17,19-20,24-25H,8-10,13,15-16,18,29H2,1-6H3,(H,30,34)(H,31,35)/b21-14+. The number of likely N-dealkylation sites (tertiary alicyclic amines) is 1. The number of piperidine rings is 1. The minimum Gasteiger partial charge on any atom is -0.399 e. The molecule has 0 radical (unpaired) electrons. The van der Waals surface area contributed by atoms with E-state index in [1.807, 2.05) is 38.2 Å². The normalized spacial score (nSPS) is 19.9.